The number of nitrogens with zero attached hydrogens (tertiary/aromatic N) is 1. The average molecular weight is 208 g/mol. The van der Waals surface area contributed by atoms with Gasteiger partial charge in [-0.05, 0) is 51.0 Å². The molecule has 1 N–H and O–H groups in total. The molecule has 0 spiro atoms. The first kappa shape index (κ1) is 10.7. The summed E-state index contributed by atoms with van der Waals surface area (Å²) in [5, 5.41) is 3.45. The molecule has 0 bridgehead atoms. The third-order valence-electron chi connectivity index (χ3n) is 2.97. The van der Waals surface area contributed by atoms with Crippen LogP contribution in [0, 0.1) is 5.92 Å². The third-order valence-corrected chi connectivity index (χ3v) is 2.97. The molecule has 3 heteroatoms. The summed E-state index contributed by atoms with van der Waals surface area (Å²) in [6, 6.07) is 3.99. The normalized spacial score (nSPS) is 22.1. The maximum atomic E-state index is 5.34. The minimum atomic E-state index is 0.804. The Balaban J connectivity index is 1.74. The van der Waals surface area contributed by atoms with Crippen LogP contribution in [0.1, 0.15) is 18.6 Å². The quantitative estimate of drug-likeness (QED) is 0.816. The van der Waals surface area contributed by atoms with Gasteiger partial charge in [0.25, 0.3) is 0 Å². The molecule has 84 valence electrons. The molecule has 1 unspecified atom stereocenters. The zero-order valence-electron chi connectivity index (χ0n) is 9.41. The molecule has 15 heavy (non-hydrogen) atoms. The summed E-state index contributed by atoms with van der Waals surface area (Å²) in [6.07, 6.45) is 4.42. The van der Waals surface area contributed by atoms with Crippen molar-refractivity contribution in [3.05, 3.63) is 24.2 Å². The van der Waals surface area contributed by atoms with E-state index >= 15 is 0 Å². The number of piperidine rings is 1. The maximum absolute atomic E-state index is 5.34. The molecule has 1 aliphatic rings. The number of hydrogen-bond donors (Lipinski definition) is 1. The smallest absolute Gasteiger partial charge is 0.117 e. The molecule has 0 aliphatic carbocycles. The van der Waals surface area contributed by atoms with Crippen molar-refractivity contribution >= 4 is 0 Å². The molecule has 3 nitrogen and oxygen atoms in total. The summed E-state index contributed by atoms with van der Waals surface area (Å²) >= 11 is 0. The number of nitrogens with one attached hydrogen (secondary N) is 1. The fraction of sp³-hybridized carbons (Fsp3) is 0.667. The van der Waals surface area contributed by atoms with Crippen molar-refractivity contribution in [2.75, 3.05) is 26.7 Å². The molecule has 0 amide bonds. The maximum Gasteiger partial charge on any atom is 0.117 e. The molecule has 0 saturated carbocycles. The second-order valence-electron chi connectivity index (χ2n) is 4.49. The van der Waals surface area contributed by atoms with Crippen molar-refractivity contribution in [3.8, 4) is 0 Å². The Kier molecular flexibility index (Phi) is 3.80. The second kappa shape index (κ2) is 5.33. The van der Waals surface area contributed by atoms with Gasteiger partial charge >= 0.3 is 0 Å². The van der Waals surface area contributed by atoms with Gasteiger partial charge in [-0.3, -0.25) is 4.90 Å². The molecule has 1 saturated heterocycles. The lowest BCUT2D eigenvalue weighted by molar-refractivity contribution is 0.224. The van der Waals surface area contributed by atoms with Crippen LogP contribution in [0.4, 0.5) is 0 Å². The Morgan fingerprint density at radius 1 is 1.60 bits per heavy atom. The van der Waals surface area contributed by atoms with E-state index in [0.29, 0.717) is 0 Å². The molecule has 0 aromatic carbocycles. The van der Waals surface area contributed by atoms with Crippen LogP contribution in [0.15, 0.2) is 22.8 Å². The van der Waals surface area contributed by atoms with E-state index in [1.807, 2.05) is 12.1 Å². The zero-order chi connectivity index (χ0) is 10.5. The molecule has 1 aliphatic heterocycles. The van der Waals surface area contributed by atoms with E-state index in [4.69, 9.17) is 4.42 Å². The van der Waals surface area contributed by atoms with Gasteiger partial charge in [-0.15, -0.1) is 0 Å². The molecule has 1 atom stereocenters. The highest BCUT2D eigenvalue weighted by atomic mass is 16.3. The Morgan fingerprint density at radius 2 is 2.53 bits per heavy atom. The van der Waals surface area contributed by atoms with Crippen molar-refractivity contribution in [2.45, 2.75) is 19.4 Å². The summed E-state index contributed by atoms with van der Waals surface area (Å²) in [5.41, 5.74) is 0. The van der Waals surface area contributed by atoms with Crippen LogP contribution in [0.25, 0.3) is 0 Å². The summed E-state index contributed by atoms with van der Waals surface area (Å²) in [7, 11) is 2.16. The molecular weight excluding hydrogens is 188 g/mol. The highest BCUT2D eigenvalue weighted by Gasteiger charge is 2.15. The van der Waals surface area contributed by atoms with E-state index in [-0.39, 0.29) is 0 Å². The lowest BCUT2D eigenvalue weighted by Gasteiger charge is -2.27. The summed E-state index contributed by atoms with van der Waals surface area (Å²) in [4.78, 5) is 2.34. The Bertz CT molecular complexity index is 265. The average Bonchev–Trinajstić information content (AvgIpc) is 2.71. The zero-order valence-corrected chi connectivity index (χ0v) is 9.41. The van der Waals surface area contributed by atoms with Gasteiger partial charge in [0, 0.05) is 6.54 Å². The van der Waals surface area contributed by atoms with Gasteiger partial charge in [-0.25, -0.2) is 0 Å². The standard InChI is InChI=1S/C12H20N2O/c1-14(10-12-5-3-7-15-12)9-11-4-2-6-13-8-11/h3,5,7,11,13H,2,4,6,8-10H2,1H3. The van der Waals surface area contributed by atoms with Crippen molar-refractivity contribution in [1.29, 1.82) is 0 Å². The molecule has 2 rings (SSSR count). The van der Waals surface area contributed by atoms with Crippen LogP contribution in [0.3, 0.4) is 0 Å². The first-order valence-electron chi connectivity index (χ1n) is 5.76. The van der Waals surface area contributed by atoms with E-state index in [0.717, 1.165) is 24.8 Å². The van der Waals surface area contributed by atoms with E-state index in [1.54, 1.807) is 6.26 Å². The van der Waals surface area contributed by atoms with Crippen LogP contribution in [-0.2, 0) is 6.54 Å². The molecular formula is C12H20N2O. The first-order valence-corrected chi connectivity index (χ1v) is 5.76. The van der Waals surface area contributed by atoms with E-state index in [1.165, 1.54) is 25.9 Å². The predicted octanol–water partition coefficient (Wildman–Crippen LogP) is 1.71. The SMILES string of the molecule is CN(Cc1ccco1)CC1CCCNC1. The minimum absolute atomic E-state index is 0.804. The Morgan fingerprint density at radius 3 is 3.20 bits per heavy atom. The van der Waals surface area contributed by atoms with Gasteiger partial charge in [-0.2, -0.15) is 0 Å². The summed E-state index contributed by atoms with van der Waals surface area (Å²) in [6.45, 7) is 4.44. The van der Waals surface area contributed by atoms with Crippen LogP contribution in [0.2, 0.25) is 0 Å². The highest BCUT2D eigenvalue weighted by Crippen LogP contribution is 2.12. The lowest BCUT2D eigenvalue weighted by Crippen LogP contribution is -2.36. The number of rotatable bonds is 4. The Hall–Kier alpha value is -0.800. The van der Waals surface area contributed by atoms with Crippen molar-refractivity contribution in [3.63, 3.8) is 0 Å². The van der Waals surface area contributed by atoms with Crippen molar-refractivity contribution in [1.82, 2.24) is 10.2 Å². The molecule has 1 aromatic rings. The van der Waals surface area contributed by atoms with Crippen LogP contribution in [0.5, 0.6) is 0 Å². The topological polar surface area (TPSA) is 28.4 Å². The molecule has 1 fully saturated rings. The van der Waals surface area contributed by atoms with E-state index < -0.39 is 0 Å². The first-order chi connectivity index (χ1) is 7.34. The number of hydrogen-bond acceptors (Lipinski definition) is 3. The predicted molar refractivity (Wildman–Crippen MR) is 60.6 cm³/mol. The van der Waals surface area contributed by atoms with Crippen LogP contribution < -0.4 is 5.32 Å². The fourth-order valence-corrected chi connectivity index (χ4v) is 2.25. The van der Waals surface area contributed by atoms with E-state index in [2.05, 4.69) is 17.3 Å². The Labute approximate surface area is 91.4 Å². The van der Waals surface area contributed by atoms with E-state index in [9.17, 15) is 0 Å². The van der Waals surface area contributed by atoms with Gasteiger partial charge in [-0.1, -0.05) is 0 Å². The van der Waals surface area contributed by atoms with Crippen molar-refractivity contribution in [2.24, 2.45) is 5.92 Å². The van der Waals surface area contributed by atoms with Crippen LogP contribution >= 0.6 is 0 Å². The molecule has 2 heterocycles. The molecule has 0 radical (unpaired) electrons. The largest absolute Gasteiger partial charge is 0.468 e. The summed E-state index contributed by atoms with van der Waals surface area (Å²) in [5.74, 6) is 1.86. The molecule has 1 aromatic heterocycles. The van der Waals surface area contributed by atoms with Gasteiger partial charge < -0.3 is 9.73 Å². The summed E-state index contributed by atoms with van der Waals surface area (Å²) < 4.78 is 5.34. The third kappa shape index (κ3) is 3.36. The monoisotopic (exact) mass is 208 g/mol. The van der Waals surface area contributed by atoms with Gasteiger partial charge in [0.05, 0.1) is 12.8 Å². The van der Waals surface area contributed by atoms with Crippen LogP contribution in [-0.4, -0.2) is 31.6 Å². The lowest BCUT2D eigenvalue weighted by atomic mass is 9.99. The van der Waals surface area contributed by atoms with Gasteiger partial charge in [0.1, 0.15) is 5.76 Å². The van der Waals surface area contributed by atoms with Crippen molar-refractivity contribution < 1.29 is 4.42 Å². The number of furan rings is 1. The van der Waals surface area contributed by atoms with Gasteiger partial charge in [0.15, 0.2) is 0 Å². The minimum Gasteiger partial charge on any atom is -0.468 e. The van der Waals surface area contributed by atoms with Gasteiger partial charge in [0.2, 0.25) is 0 Å². The highest BCUT2D eigenvalue weighted by molar-refractivity contribution is 4.97. The second-order valence-corrected chi connectivity index (χ2v) is 4.49. The fourth-order valence-electron chi connectivity index (χ4n) is 2.25.